The smallest absolute Gasteiger partial charge is 0.416 e. The van der Waals surface area contributed by atoms with Gasteiger partial charge in [0.1, 0.15) is 10.3 Å². The largest absolute Gasteiger partial charge is 0.476 e. The fraction of sp³-hybridized carbons (Fsp3) is 0.0833. The summed E-state index contributed by atoms with van der Waals surface area (Å²) in [7, 11) is 0. The molecule has 0 fully saturated rings. The van der Waals surface area contributed by atoms with E-state index in [1.54, 1.807) is 0 Å². The molecule has 0 saturated heterocycles. The number of carbonyl (C=O) groups is 1. The standard InChI is InChI=1S/C12H6BrF3N2O2/c13-10-9(18-8(5-17-10)11(19)20)6-1-3-7(4-2-6)12(14,15)16/h1-5H,(H,19,20). The maximum absolute atomic E-state index is 12.5. The van der Waals surface area contributed by atoms with Crippen molar-refractivity contribution >= 4 is 21.9 Å². The minimum atomic E-state index is -4.43. The topological polar surface area (TPSA) is 63.1 Å². The van der Waals surface area contributed by atoms with Gasteiger partial charge in [-0.25, -0.2) is 14.8 Å². The van der Waals surface area contributed by atoms with Gasteiger partial charge in [-0.15, -0.1) is 0 Å². The number of nitrogens with zero attached hydrogens (tertiary/aromatic N) is 2. The van der Waals surface area contributed by atoms with Crippen molar-refractivity contribution in [3.8, 4) is 11.3 Å². The first-order chi connectivity index (χ1) is 9.29. The molecular weight excluding hydrogens is 341 g/mol. The number of aromatic carboxylic acids is 1. The molecule has 1 N–H and O–H groups in total. The molecule has 104 valence electrons. The Balaban J connectivity index is 2.46. The van der Waals surface area contributed by atoms with Gasteiger partial charge in [0, 0.05) is 5.56 Å². The van der Waals surface area contributed by atoms with Gasteiger partial charge in [-0.3, -0.25) is 0 Å². The Morgan fingerprint density at radius 3 is 2.30 bits per heavy atom. The molecule has 0 amide bonds. The second-order valence-corrected chi connectivity index (χ2v) is 4.53. The molecule has 8 heteroatoms. The fourth-order valence-corrected chi connectivity index (χ4v) is 1.90. The molecule has 0 aliphatic rings. The monoisotopic (exact) mass is 346 g/mol. The first-order valence-electron chi connectivity index (χ1n) is 5.22. The summed E-state index contributed by atoms with van der Waals surface area (Å²) in [6.45, 7) is 0. The summed E-state index contributed by atoms with van der Waals surface area (Å²) >= 11 is 3.09. The van der Waals surface area contributed by atoms with Crippen LogP contribution in [0.1, 0.15) is 16.1 Å². The Labute approximate surface area is 119 Å². The molecule has 0 aliphatic heterocycles. The molecule has 0 atom stereocenters. The molecule has 0 spiro atoms. The van der Waals surface area contributed by atoms with Crippen LogP contribution in [-0.4, -0.2) is 21.0 Å². The third-order valence-electron chi connectivity index (χ3n) is 2.43. The molecular formula is C12H6BrF3N2O2. The number of carboxylic acids is 1. The van der Waals surface area contributed by atoms with Gasteiger partial charge in [0.2, 0.25) is 0 Å². The summed E-state index contributed by atoms with van der Waals surface area (Å²) in [5.41, 5.74) is -0.582. The summed E-state index contributed by atoms with van der Waals surface area (Å²) in [4.78, 5) is 18.5. The molecule has 20 heavy (non-hydrogen) atoms. The lowest BCUT2D eigenvalue weighted by atomic mass is 10.1. The van der Waals surface area contributed by atoms with Crippen molar-refractivity contribution in [2.75, 3.05) is 0 Å². The van der Waals surface area contributed by atoms with E-state index in [4.69, 9.17) is 5.11 Å². The molecule has 0 aliphatic carbocycles. The zero-order valence-corrected chi connectivity index (χ0v) is 11.2. The average Bonchev–Trinajstić information content (AvgIpc) is 2.38. The van der Waals surface area contributed by atoms with E-state index in [1.165, 1.54) is 12.1 Å². The van der Waals surface area contributed by atoms with Crippen LogP contribution < -0.4 is 0 Å². The van der Waals surface area contributed by atoms with Crippen molar-refractivity contribution in [3.63, 3.8) is 0 Å². The lowest BCUT2D eigenvalue weighted by Crippen LogP contribution is -2.05. The number of hydrogen-bond donors (Lipinski definition) is 1. The number of benzene rings is 1. The molecule has 0 radical (unpaired) electrons. The normalized spacial score (nSPS) is 11.4. The van der Waals surface area contributed by atoms with E-state index in [-0.39, 0.29) is 16.0 Å². The Hall–Kier alpha value is -1.96. The van der Waals surface area contributed by atoms with Gasteiger partial charge < -0.3 is 5.11 Å². The molecule has 1 aromatic carbocycles. The van der Waals surface area contributed by atoms with Gasteiger partial charge in [-0.2, -0.15) is 13.2 Å². The van der Waals surface area contributed by atoms with Gasteiger partial charge in [-0.1, -0.05) is 12.1 Å². The van der Waals surface area contributed by atoms with Gasteiger partial charge in [-0.05, 0) is 28.1 Å². The molecule has 0 unspecified atom stereocenters. The Bertz CT molecular complexity index is 657. The molecule has 0 bridgehead atoms. The molecule has 2 aromatic rings. The average molecular weight is 347 g/mol. The zero-order valence-electron chi connectivity index (χ0n) is 9.65. The Morgan fingerprint density at radius 1 is 1.20 bits per heavy atom. The molecule has 0 saturated carbocycles. The molecule has 4 nitrogen and oxygen atoms in total. The molecule has 1 aromatic heterocycles. The maximum Gasteiger partial charge on any atom is 0.416 e. The highest BCUT2D eigenvalue weighted by atomic mass is 79.9. The maximum atomic E-state index is 12.5. The van der Waals surface area contributed by atoms with Crippen LogP contribution in [-0.2, 0) is 6.18 Å². The van der Waals surface area contributed by atoms with E-state index in [9.17, 15) is 18.0 Å². The van der Waals surface area contributed by atoms with Crippen LogP contribution in [0, 0.1) is 0 Å². The highest BCUT2D eigenvalue weighted by Gasteiger charge is 2.30. The van der Waals surface area contributed by atoms with Gasteiger partial charge in [0.05, 0.1) is 11.8 Å². The predicted molar refractivity (Wildman–Crippen MR) is 67.1 cm³/mol. The van der Waals surface area contributed by atoms with E-state index in [0.29, 0.717) is 5.56 Å². The number of aromatic nitrogens is 2. The summed E-state index contributed by atoms with van der Waals surface area (Å²) in [6, 6.07) is 4.22. The molecule has 1 heterocycles. The van der Waals surface area contributed by atoms with E-state index in [2.05, 4.69) is 25.9 Å². The van der Waals surface area contributed by atoms with Crippen molar-refractivity contribution in [2.24, 2.45) is 0 Å². The number of rotatable bonds is 2. The SMILES string of the molecule is O=C(O)c1cnc(Br)c(-c2ccc(C(F)(F)F)cc2)n1. The van der Waals surface area contributed by atoms with Crippen molar-refractivity contribution in [1.82, 2.24) is 9.97 Å². The Morgan fingerprint density at radius 2 is 1.80 bits per heavy atom. The Kier molecular flexibility index (Phi) is 3.76. The lowest BCUT2D eigenvalue weighted by molar-refractivity contribution is -0.137. The second-order valence-electron chi connectivity index (χ2n) is 3.77. The van der Waals surface area contributed by atoms with Crippen LogP contribution in [0.2, 0.25) is 0 Å². The van der Waals surface area contributed by atoms with Crippen LogP contribution in [0.25, 0.3) is 11.3 Å². The number of carboxylic acid groups (broad SMARTS) is 1. The second kappa shape index (κ2) is 5.20. The highest BCUT2D eigenvalue weighted by Crippen LogP contribution is 2.31. The zero-order chi connectivity index (χ0) is 14.9. The van der Waals surface area contributed by atoms with Crippen LogP contribution in [0.5, 0.6) is 0 Å². The van der Waals surface area contributed by atoms with Crippen LogP contribution in [0.15, 0.2) is 35.1 Å². The third kappa shape index (κ3) is 2.96. The van der Waals surface area contributed by atoms with Crippen molar-refractivity contribution < 1.29 is 23.1 Å². The van der Waals surface area contributed by atoms with E-state index in [0.717, 1.165) is 18.3 Å². The number of halogens is 4. The van der Waals surface area contributed by atoms with Crippen LogP contribution >= 0.6 is 15.9 Å². The van der Waals surface area contributed by atoms with Gasteiger partial charge in [0.15, 0.2) is 5.69 Å². The molecule has 2 rings (SSSR count). The van der Waals surface area contributed by atoms with E-state index in [1.807, 2.05) is 0 Å². The number of alkyl halides is 3. The summed E-state index contributed by atoms with van der Waals surface area (Å²) < 4.78 is 37.6. The first-order valence-corrected chi connectivity index (χ1v) is 6.02. The number of hydrogen-bond acceptors (Lipinski definition) is 3. The van der Waals surface area contributed by atoms with Crippen molar-refractivity contribution in [1.29, 1.82) is 0 Å². The van der Waals surface area contributed by atoms with Crippen molar-refractivity contribution in [3.05, 3.63) is 46.3 Å². The van der Waals surface area contributed by atoms with E-state index < -0.39 is 17.7 Å². The van der Waals surface area contributed by atoms with Gasteiger partial charge >= 0.3 is 12.1 Å². The quantitative estimate of drug-likeness (QED) is 0.901. The predicted octanol–water partition coefficient (Wildman–Crippen LogP) is 3.62. The summed E-state index contributed by atoms with van der Waals surface area (Å²) in [6.07, 6.45) is -3.37. The highest BCUT2D eigenvalue weighted by molar-refractivity contribution is 9.10. The van der Waals surface area contributed by atoms with Crippen molar-refractivity contribution in [2.45, 2.75) is 6.18 Å². The minimum Gasteiger partial charge on any atom is -0.476 e. The summed E-state index contributed by atoms with van der Waals surface area (Å²) in [5.74, 6) is -1.27. The first kappa shape index (κ1) is 14.4. The van der Waals surface area contributed by atoms with Crippen LogP contribution in [0.4, 0.5) is 13.2 Å². The fourth-order valence-electron chi connectivity index (χ4n) is 1.48. The minimum absolute atomic E-state index is 0.165. The van der Waals surface area contributed by atoms with E-state index >= 15 is 0 Å². The van der Waals surface area contributed by atoms with Crippen LogP contribution in [0.3, 0.4) is 0 Å². The summed E-state index contributed by atoms with van der Waals surface area (Å²) in [5, 5.41) is 8.83. The van der Waals surface area contributed by atoms with Gasteiger partial charge in [0.25, 0.3) is 0 Å². The lowest BCUT2D eigenvalue weighted by Gasteiger charge is -2.08. The third-order valence-corrected chi connectivity index (χ3v) is 3.01.